The highest BCUT2D eigenvalue weighted by Crippen LogP contribution is 2.14. The Morgan fingerprint density at radius 2 is 1.95 bits per heavy atom. The van der Waals surface area contributed by atoms with Gasteiger partial charge in [0.25, 0.3) is 0 Å². The lowest BCUT2D eigenvalue weighted by atomic mass is 10.0. The van der Waals surface area contributed by atoms with E-state index in [1.165, 1.54) is 31.5 Å². The highest BCUT2D eigenvalue weighted by Gasteiger charge is 2.20. The first-order valence-corrected chi connectivity index (χ1v) is 7.41. The van der Waals surface area contributed by atoms with Crippen molar-refractivity contribution in [2.24, 2.45) is 0 Å². The molecule has 106 valence electrons. The fourth-order valence-corrected chi connectivity index (χ4v) is 2.78. The van der Waals surface area contributed by atoms with Crippen LogP contribution in [0.25, 0.3) is 0 Å². The van der Waals surface area contributed by atoms with Crippen molar-refractivity contribution in [3.05, 3.63) is 35.9 Å². The van der Waals surface area contributed by atoms with Gasteiger partial charge in [-0.2, -0.15) is 0 Å². The van der Waals surface area contributed by atoms with Crippen LogP contribution in [-0.4, -0.2) is 41.8 Å². The third-order valence-corrected chi connectivity index (χ3v) is 3.92. The van der Waals surface area contributed by atoms with Crippen LogP contribution in [0.15, 0.2) is 30.3 Å². The average molecular weight is 262 g/mol. The highest BCUT2D eigenvalue weighted by atomic mass is 16.3. The Kier molecular flexibility index (Phi) is 5.83. The SMILES string of the molecule is C[C@H](CCO)NC1CCN(Cc2ccccc2)CC1. The van der Waals surface area contributed by atoms with Gasteiger partial charge in [-0.25, -0.2) is 0 Å². The molecule has 1 heterocycles. The maximum absolute atomic E-state index is 8.92. The van der Waals surface area contributed by atoms with E-state index in [4.69, 9.17) is 5.11 Å². The van der Waals surface area contributed by atoms with E-state index in [0.29, 0.717) is 12.1 Å². The van der Waals surface area contributed by atoms with Gasteiger partial charge in [0.05, 0.1) is 0 Å². The predicted molar refractivity (Wildman–Crippen MR) is 79.0 cm³/mol. The third-order valence-electron chi connectivity index (χ3n) is 3.92. The van der Waals surface area contributed by atoms with E-state index in [1.807, 2.05) is 0 Å². The van der Waals surface area contributed by atoms with Crippen molar-refractivity contribution in [2.75, 3.05) is 19.7 Å². The molecule has 3 nitrogen and oxygen atoms in total. The third kappa shape index (κ3) is 4.94. The smallest absolute Gasteiger partial charge is 0.0445 e. The zero-order chi connectivity index (χ0) is 13.5. The molecule has 0 bridgehead atoms. The Labute approximate surface area is 116 Å². The number of nitrogens with zero attached hydrogens (tertiary/aromatic N) is 1. The summed E-state index contributed by atoms with van der Waals surface area (Å²) >= 11 is 0. The molecule has 1 atom stereocenters. The van der Waals surface area contributed by atoms with E-state index >= 15 is 0 Å². The molecule has 1 aliphatic rings. The summed E-state index contributed by atoms with van der Waals surface area (Å²) in [5.74, 6) is 0. The molecule has 19 heavy (non-hydrogen) atoms. The summed E-state index contributed by atoms with van der Waals surface area (Å²) in [5, 5.41) is 12.5. The van der Waals surface area contributed by atoms with Crippen LogP contribution in [0.2, 0.25) is 0 Å². The van der Waals surface area contributed by atoms with Crippen LogP contribution in [-0.2, 0) is 6.54 Å². The second-order valence-corrected chi connectivity index (χ2v) is 5.62. The Balaban J connectivity index is 1.70. The lowest BCUT2D eigenvalue weighted by molar-refractivity contribution is 0.179. The summed E-state index contributed by atoms with van der Waals surface area (Å²) in [6.07, 6.45) is 3.27. The molecule has 0 radical (unpaired) electrons. The maximum atomic E-state index is 8.92. The molecule has 0 aliphatic carbocycles. The number of hydrogen-bond donors (Lipinski definition) is 2. The summed E-state index contributed by atoms with van der Waals surface area (Å²) < 4.78 is 0. The Hall–Kier alpha value is -0.900. The first-order chi connectivity index (χ1) is 9.28. The fourth-order valence-electron chi connectivity index (χ4n) is 2.78. The number of rotatable bonds is 6. The quantitative estimate of drug-likeness (QED) is 0.823. The van der Waals surface area contributed by atoms with Crippen LogP contribution in [0.3, 0.4) is 0 Å². The number of aliphatic hydroxyl groups is 1. The van der Waals surface area contributed by atoms with E-state index in [1.54, 1.807) is 0 Å². The zero-order valence-electron chi connectivity index (χ0n) is 11.9. The molecule has 1 aliphatic heterocycles. The summed E-state index contributed by atoms with van der Waals surface area (Å²) in [6.45, 7) is 5.84. The average Bonchev–Trinajstić information content (AvgIpc) is 2.42. The largest absolute Gasteiger partial charge is 0.396 e. The van der Waals surface area contributed by atoms with Crippen molar-refractivity contribution in [2.45, 2.75) is 44.8 Å². The lowest BCUT2D eigenvalue weighted by Gasteiger charge is -2.34. The second-order valence-electron chi connectivity index (χ2n) is 5.62. The van der Waals surface area contributed by atoms with Gasteiger partial charge < -0.3 is 10.4 Å². The number of nitrogens with one attached hydrogen (secondary N) is 1. The van der Waals surface area contributed by atoms with Crippen LogP contribution in [0.1, 0.15) is 31.7 Å². The van der Waals surface area contributed by atoms with Gasteiger partial charge in [-0.05, 0) is 44.8 Å². The van der Waals surface area contributed by atoms with E-state index in [0.717, 1.165) is 13.0 Å². The van der Waals surface area contributed by atoms with Crippen LogP contribution in [0.5, 0.6) is 0 Å². The summed E-state index contributed by atoms with van der Waals surface area (Å²) in [6, 6.07) is 11.7. The van der Waals surface area contributed by atoms with Crippen molar-refractivity contribution in [3.63, 3.8) is 0 Å². The molecule has 0 spiro atoms. The first kappa shape index (κ1) is 14.5. The minimum atomic E-state index is 0.279. The number of piperidine rings is 1. The van der Waals surface area contributed by atoms with Gasteiger partial charge in [-0.1, -0.05) is 30.3 Å². The molecule has 1 aromatic rings. The van der Waals surface area contributed by atoms with Crippen molar-refractivity contribution in [1.82, 2.24) is 10.2 Å². The molecule has 0 aromatic heterocycles. The fraction of sp³-hybridized carbons (Fsp3) is 0.625. The van der Waals surface area contributed by atoms with Crippen molar-refractivity contribution in [1.29, 1.82) is 0 Å². The summed E-state index contributed by atoms with van der Waals surface area (Å²) in [5.41, 5.74) is 1.41. The maximum Gasteiger partial charge on any atom is 0.0445 e. The standard InChI is InChI=1S/C16H26N2O/c1-14(9-12-19)17-16-7-10-18(11-8-16)13-15-5-3-2-4-6-15/h2-6,14,16-17,19H,7-13H2,1H3/t14-/m1/s1. The number of benzene rings is 1. The Morgan fingerprint density at radius 3 is 2.58 bits per heavy atom. The van der Waals surface area contributed by atoms with Gasteiger partial charge in [0.15, 0.2) is 0 Å². The van der Waals surface area contributed by atoms with Crippen LogP contribution < -0.4 is 5.32 Å². The van der Waals surface area contributed by atoms with E-state index in [-0.39, 0.29) is 6.61 Å². The normalized spacial score (nSPS) is 19.5. The molecule has 2 N–H and O–H groups in total. The Morgan fingerprint density at radius 1 is 1.26 bits per heavy atom. The van der Waals surface area contributed by atoms with E-state index in [2.05, 4.69) is 47.5 Å². The highest BCUT2D eigenvalue weighted by molar-refractivity contribution is 5.14. The van der Waals surface area contributed by atoms with Gasteiger partial charge in [0, 0.05) is 25.2 Å². The number of aliphatic hydroxyl groups excluding tert-OH is 1. The minimum Gasteiger partial charge on any atom is -0.396 e. The Bertz CT molecular complexity index is 347. The van der Waals surface area contributed by atoms with Crippen LogP contribution in [0, 0.1) is 0 Å². The topological polar surface area (TPSA) is 35.5 Å². The molecule has 1 saturated heterocycles. The second kappa shape index (κ2) is 7.63. The first-order valence-electron chi connectivity index (χ1n) is 7.41. The van der Waals surface area contributed by atoms with Gasteiger partial charge in [0.1, 0.15) is 0 Å². The van der Waals surface area contributed by atoms with Gasteiger partial charge in [-0.3, -0.25) is 4.90 Å². The zero-order valence-corrected chi connectivity index (χ0v) is 11.9. The molecular weight excluding hydrogens is 236 g/mol. The molecule has 1 fully saturated rings. The van der Waals surface area contributed by atoms with Crippen LogP contribution >= 0.6 is 0 Å². The monoisotopic (exact) mass is 262 g/mol. The van der Waals surface area contributed by atoms with Gasteiger partial charge in [-0.15, -0.1) is 0 Å². The van der Waals surface area contributed by atoms with Crippen molar-refractivity contribution < 1.29 is 5.11 Å². The van der Waals surface area contributed by atoms with Gasteiger partial charge >= 0.3 is 0 Å². The number of hydrogen-bond acceptors (Lipinski definition) is 3. The molecular formula is C16H26N2O. The molecule has 0 amide bonds. The number of likely N-dealkylation sites (tertiary alicyclic amines) is 1. The van der Waals surface area contributed by atoms with Crippen molar-refractivity contribution in [3.8, 4) is 0 Å². The molecule has 0 saturated carbocycles. The summed E-state index contributed by atoms with van der Waals surface area (Å²) in [7, 11) is 0. The molecule has 0 unspecified atom stereocenters. The lowest BCUT2D eigenvalue weighted by Crippen LogP contribution is -2.45. The predicted octanol–water partition coefficient (Wildman–Crippen LogP) is 2.01. The van der Waals surface area contributed by atoms with E-state index in [9.17, 15) is 0 Å². The van der Waals surface area contributed by atoms with Crippen LogP contribution in [0.4, 0.5) is 0 Å². The molecule has 3 heteroatoms. The van der Waals surface area contributed by atoms with Crippen molar-refractivity contribution >= 4 is 0 Å². The molecule has 1 aromatic carbocycles. The summed E-state index contributed by atoms with van der Waals surface area (Å²) in [4.78, 5) is 2.53. The van der Waals surface area contributed by atoms with Gasteiger partial charge in [0.2, 0.25) is 0 Å². The minimum absolute atomic E-state index is 0.279. The van der Waals surface area contributed by atoms with E-state index < -0.39 is 0 Å². The molecule has 2 rings (SSSR count).